The third kappa shape index (κ3) is 4.70. The van der Waals surface area contributed by atoms with Crippen molar-refractivity contribution in [3.63, 3.8) is 0 Å². The van der Waals surface area contributed by atoms with Crippen LogP contribution in [0.3, 0.4) is 0 Å². The molecule has 0 aliphatic rings. The molecule has 0 heterocycles. The third-order valence-electron chi connectivity index (χ3n) is 2.46. The molecule has 21 heavy (non-hydrogen) atoms. The molecule has 0 aliphatic carbocycles. The van der Waals surface area contributed by atoms with Gasteiger partial charge in [0.25, 0.3) is 0 Å². The third-order valence-corrected chi connectivity index (χ3v) is 3.24. The van der Waals surface area contributed by atoms with Crippen LogP contribution in [0, 0.1) is 0 Å². The van der Waals surface area contributed by atoms with E-state index in [1.54, 1.807) is 42.5 Å². The van der Waals surface area contributed by atoms with E-state index in [1.807, 2.05) is 0 Å². The minimum Gasteiger partial charge on any atom is -0.325 e. The quantitative estimate of drug-likeness (QED) is 0.572. The number of carbonyl (C=O) groups excluding carboxylic acids is 1. The predicted octanol–water partition coefficient (Wildman–Crippen LogP) is 5.59. The van der Waals surface area contributed by atoms with E-state index in [1.165, 1.54) is 0 Å². The van der Waals surface area contributed by atoms with Crippen molar-refractivity contribution in [3.05, 3.63) is 52.5 Å². The van der Waals surface area contributed by atoms with Crippen molar-refractivity contribution in [2.75, 3.05) is 11.2 Å². The van der Waals surface area contributed by atoms with E-state index in [0.717, 1.165) is 0 Å². The molecule has 2 rings (SSSR count). The molecule has 0 atom stereocenters. The number of anilines is 1. The first kappa shape index (κ1) is 15.8. The summed E-state index contributed by atoms with van der Waals surface area (Å²) in [5, 5.41) is 11.7. The van der Waals surface area contributed by atoms with Gasteiger partial charge in [-0.15, -0.1) is 16.7 Å². The number of hydrogen-bond acceptors (Lipinski definition) is 3. The molecule has 0 saturated heterocycles. The Morgan fingerprint density at radius 1 is 1.05 bits per heavy atom. The number of halogens is 3. The van der Waals surface area contributed by atoms with Crippen LogP contribution in [0.1, 0.15) is 0 Å². The van der Waals surface area contributed by atoms with Gasteiger partial charge in [-0.05, 0) is 42.5 Å². The van der Waals surface area contributed by atoms with Gasteiger partial charge in [-0.1, -0.05) is 23.2 Å². The Morgan fingerprint density at radius 2 is 1.76 bits per heavy atom. The zero-order valence-corrected chi connectivity index (χ0v) is 13.0. The lowest BCUT2D eigenvalue weighted by molar-refractivity contribution is -0.113. The summed E-state index contributed by atoms with van der Waals surface area (Å²) in [5.74, 6) is -0.352. The molecule has 2 aromatic carbocycles. The fourth-order valence-electron chi connectivity index (χ4n) is 1.48. The van der Waals surface area contributed by atoms with Crippen LogP contribution in [0.25, 0.3) is 0 Å². The first-order valence-corrected chi connectivity index (χ1v) is 7.20. The van der Waals surface area contributed by atoms with Crippen LogP contribution in [0.2, 0.25) is 10.0 Å². The van der Waals surface area contributed by atoms with Gasteiger partial charge >= 0.3 is 0 Å². The van der Waals surface area contributed by atoms with E-state index < -0.39 is 0 Å². The van der Waals surface area contributed by atoms with Crippen molar-refractivity contribution in [2.45, 2.75) is 0 Å². The normalized spacial score (nSPS) is 10.8. The summed E-state index contributed by atoms with van der Waals surface area (Å²) in [6, 6.07) is 11.8. The molecular formula is C14H10Cl3N3O. The van der Waals surface area contributed by atoms with Crippen LogP contribution < -0.4 is 5.32 Å². The lowest BCUT2D eigenvalue weighted by atomic mass is 10.3. The van der Waals surface area contributed by atoms with Gasteiger partial charge in [-0.3, -0.25) is 4.79 Å². The van der Waals surface area contributed by atoms with Crippen LogP contribution in [0.5, 0.6) is 0 Å². The van der Waals surface area contributed by atoms with Crippen LogP contribution in [0.4, 0.5) is 17.1 Å². The van der Waals surface area contributed by atoms with Gasteiger partial charge in [0.15, 0.2) is 0 Å². The number of hydrogen-bond donors (Lipinski definition) is 1. The largest absolute Gasteiger partial charge is 0.325 e. The first-order chi connectivity index (χ1) is 10.1. The highest BCUT2D eigenvalue weighted by Crippen LogP contribution is 2.29. The summed E-state index contributed by atoms with van der Waals surface area (Å²) in [6.07, 6.45) is 0. The molecule has 0 spiro atoms. The molecule has 0 unspecified atom stereocenters. The van der Waals surface area contributed by atoms with E-state index in [9.17, 15) is 4.79 Å². The maximum atomic E-state index is 11.1. The minimum absolute atomic E-state index is 0.0868. The number of amides is 1. The minimum atomic E-state index is -0.265. The number of nitrogens with zero attached hydrogens (tertiary/aromatic N) is 2. The van der Waals surface area contributed by atoms with Crippen molar-refractivity contribution in [2.24, 2.45) is 10.2 Å². The SMILES string of the molecule is O=C(CCl)Nc1ccc(N=Nc2ccc(Cl)cc2Cl)cc1. The van der Waals surface area contributed by atoms with Gasteiger partial charge < -0.3 is 5.32 Å². The van der Waals surface area contributed by atoms with E-state index in [0.29, 0.717) is 27.1 Å². The molecule has 1 amide bonds. The summed E-state index contributed by atoms with van der Waals surface area (Å²) in [6.45, 7) is 0. The Balaban J connectivity index is 2.09. The molecule has 2 aromatic rings. The van der Waals surface area contributed by atoms with Crippen molar-refractivity contribution in [1.82, 2.24) is 0 Å². The summed E-state index contributed by atoms with van der Waals surface area (Å²) < 4.78 is 0. The van der Waals surface area contributed by atoms with Crippen molar-refractivity contribution < 1.29 is 4.79 Å². The van der Waals surface area contributed by atoms with E-state index in [-0.39, 0.29) is 11.8 Å². The number of benzene rings is 2. The maximum Gasteiger partial charge on any atom is 0.239 e. The number of nitrogens with one attached hydrogen (secondary N) is 1. The maximum absolute atomic E-state index is 11.1. The molecule has 1 N–H and O–H groups in total. The number of alkyl halides is 1. The summed E-state index contributed by atoms with van der Waals surface area (Å²) in [5.41, 5.74) is 1.80. The van der Waals surface area contributed by atoms with E-state index in [4.69, 9.17) is 34.8 Å². The van der Waals surface area contributed by atoms with Gasteiger partial charge in [-0.25, -0.2) is 0 Å². The second kappa shape index (κ2) is 7.41. The fourth-order valence-corrected chi connectivity index (χ4v) is 1.99. The van der Waals surface area contributed by atoms with Crippen molar-refractivity contribution in [3.8, 4) is 0 Å². The Bertz CT molecular complexity index is 672. The summed E-state index contributed by atoms with van der Waals surface area (Å²) >= 11 is 17.2. The Hall–Kier alpha value is -1.62. The van der Waals surface area contributed by atoms with Crippen molar-refractivity contribution >= 4 is 57.8 Å². The number of azo groups is 1. The van der Waals surface area contributed by atoms with Gasteiger partial charge in [0, 0.05) is 10.7 Å². The van der Waals surface area contributed by atoms with Crippen LogP contribution in [0.15, 0.2) is 52.7 Å². The second-order valence-electron chi connectivity index (χ2n) is 4.02. The van der Waals surface area contributed by atoms with E-state index >= 15 is 0 Å². The molecule has 0 aromatic heterocycles. The first-order valence-electron chi connectivity index (χ1n) is 5.91. The Kier molecular flexibility index (Phi) is 5.56. The molecule has 0 saturated carbocycles. The smallest absolute Gasteiger partial charge is 0.239 e. The monoisotopic (exact) mass is 341 g/mol. The molecular weight excluding hydrogens is 333 g/mol. The zero-order chi connectivity index (χ0) is 15.2. The predicted molar refractivity (Wildman–Crippen MR) is 86.4 cm³/mol. The fraction of sp³-hybridized carbons (Fsp3) is 0.0714. The van der Waals surface area contributed by atoms with Gasteiger partial charge in [0.2, 0.25) is 5.91 Å². The molecule has 0 radical (unpaired) electrons. The van der Waals surface area contributed by atoms with Gasteiger partial charge in [0.05, 0.1) is 10.7 Å². The lowest BCUT2D eigenvalue weighted by Crippen LogP contribution is -2.12. The molecule has 0 aliphatic heterocycles. The Morgan fingerprint density at radius 3 is 2.38 bits per heavy atom. The Labute approximate surface area is 136 Å². The topological polar surface area (TPSA) is 53.8 Å². The average molecular weight is 343 g/mol. The number of carbonyl (C=O) groups is 1. The van der Waals surface area contributed by atoms with E-state index in [2.05, 4.69) is 15.5 Å². The van der Waals surface area contributed by atoms with Crippen LogP contribution >= 0.6 is 34.8 Å². The van der Waals surface area contributed by atoms with Crippen molar-refractivity contribution in [1.29, 1.82) is 0 Å². The number of rotatable bonds is 4. The average Bonchev–Trinajstić information content (AvgIpc) is 2.48. The summed E-state index contributed by atoms with van der Waals surface area (Å²) in [4.78, 5) is 11.1. The van der Waals surface area contributed by atoms with Crippen LogP contribution in [-0.4, -0.2) is 11.8 Å². The molecule has 0 bridgehead atoms. The standard InChI is InChI=1S/C14H10Cl3N3O/c15-8-14(21)18-10-2-4-11(5-3-10)19-20-13-6-1-9(16)7-12(13)17/h1-7H,8H2,(H,18,21). The molecule has 4 nitrogen and oxygen atoms in total. The van der Waals surface area contributed by atoms with Gasteiger partial charge in [-0.2, -0.15) is 5.11 Å². The second-order valence-corrected chi connectivity index (χ2v) is 5.14. The molecule has 108 valence electrons. The molecule has 7 heteroatoms. The molecule has 0 fully saturated rings. The van der Waals surface area contributed by atoms with Gasteiger partial charge in [0.1, 0.15) is 11.6 Å². The highest BCUT2D eigenvalue weighted by Gasteiger charge is 2.01. The highest BCUT2D eigenvalue weighted by molar-refractivity contribution is 6.36. The van der Waals surface area contributed by atoms with Crippen LogP contribution in [-0.2, 0) is 4.79 Å². The summed E-state index contributed by atoms with van der Waals surface area (Å²) in [7, 11) is 0. The zero-order valence-electron chi connectivity index (χ0n) is 10.7. The highest BCUT2D eigenvalue weighted by atomic mass is 35.5. The lowest BCUT2D eigenvalue weighted by Gasteiger charge is -2.02.